The third-order valence-electron chi connectivity index (χ3n) is 8.75. The first-order chi connectivity index (χ1) is 20.2. The second-order valence-electron chi connectivity index (χ2n) is 11.5. The summed E-state index contributed by atoms with van der Waals surface area (Å²) in [6, 6.07) is 8.42. The third-order valence-corrected chi connectivity index (χ3v) is 11.0. The second-order valence-corrected chi connectivity index (χ2v) is 13.7. The molecule has 0 spiro atoms. The van der Waals surface area contributed by atoms with Crippen LogP contribution in [-0.4, -0.2) is 56.8 Å². The van der Waals surface area contributed by atoms with Crippen LogP contribution < -0.4 is 0 Å². The van der Waals surface area contributed by atoms with E-state index in [2.05, 4.69) is 21.1 Å². The van der Waals surface area contributed by atoms with Crippen LogP contribution in [0.1, 0.15) is 53.8 Å². The first-order valence-electron chi connectivity index (χ1n) is 14.0. The number of rotatable bonds is 7. The molecule has 1 unspecified atom stereocenters. The Hall–Kier alpha value is -3.96. The highest BCUT2D eigenvalue weighted by atomic mass is 32.2. The maximum Gasteiger partial charge on any atom is 0.191 e. The smallest absolute Gasteiger partial charge is 0.191 e. The summed E-state index contributed by atoms with van der Waals surface area (Å²) in [7, 11) is -1.10. The van der Waals surface area contributed by atoms with Gasteiger partial charge in [0.1, 0.15) is 17.3 Å². The summed E-state index contributed by atoms with van der Waals surface area (Å²) in [5.41, 5.74) is 2.36. The molecule has 0 bridgehead atoms. The first kappa shape index (κ1) is 26.9. The maximum atomic E-state index is 14.5. The molecular weight excluding hydrogens is 558 g/mol. The van der Waals surface area contributed by atoms with E-state index in [-0.39, 0.29) is 29.4 Å². The van der Waals surface area contributed by atoms with Gasteiger partial charge in [0.05, 0.1) is 43.8 Å². The van der Waals surface area contributed by atoms with Crippen molar-refractivity contribution in [1.82, 2.24) is 28.9 Å². The summed E-state index contributed by atoms with van der Waals surface area (Å²) >= 11 is 0. The number of hydrogen-bond donors (Lipinski definition) is 0. The number of nitrogens with zero attached hydrogens (tertiary/aromatic N) is 6. The van der Waals surface area contributed by atoms with Gasteiger partial charge in [-0.25, -0.2) is 22.0 Å². The molecule has 0 aliphatic heterocycles. The number of carbonyl (C=O) groups is 1. The fourth-order valence-electron chi connectivity index (χ4n) is 6.66. The van der Waals surface area contributed by atoms with E-state index in [1.165, 1.54) is 30.5 Å². The highest BCUT2D eigenvalue weighted by Gasteiger charge is 2.53. The van der Waals surface area contributed by atoms with Crippen molar-refractivity contribution in [2.45, 2.75) is 55.5 Å². The lowest BCUT2D eigenvalue weighted by Crippen LogP contribution is -2.51. The first-order valence-corrected chi connectivity index (χ1v) is 15.7. The number of carbonyl (C=O) groups excluding carboxylic acids is 1. The van der Waals surface area contributed by atoms with Crippen LogP contribution in [0, 0.1) is 17.0 Å². The molecule has 3 atom stereocenters. The summed E-state index contributed by atoms with van der Waals surface area (Å²) in [5.74, 6) is 3.09. The van der Waals surface area contributed by atoms with Crippen molar-refractivity contribution in [1.29, 1.82) is 0 Å². The van der Waals surface area contributed by atoms with E-state index in [0.29, 0.717) is 36.3 Å². The van der Waals surface area contributed by atoms with Crippen LogP contribution in [0.5, 0.6) is 0 Å². The minimum Gasteiger partial charge on any atom is -0.291 e. The average molecular weight is 589 g/mol. The monoisotopic (exact) mass is 588 g/mol. The molecule has 0 N–H and O–H groups in total. The fraction of sp³-hybridized carbons (Fsp3) is 0.323. The van der Waals surface area contributed by atoms with Crippen LogP contribution in [0.25, 0.3) is 11.8 Å². The number of halogens is 2. The number of aromatic nitrogens is 5. The molecule has 1 aromatic carbocycles. The maximum absolute atomic E-state index is 14.5. The molecule has 216 valence electrons. The van der Waals surface area contributed by atoms with Crippen molar-refractivity contribution in [3.63, 3.8) is 0 Å². The fourth-order valence-corrected chi connectivity index (χ4v) is 8.78. The topological polar surface area (TPSA) is 85.9 Å². The normalized spacial score (nSPS) is 23.1. The van der Waals surface area contributed by atoms with Gasteiger partial charge in [-0.15, -0.1) is 0 Å². The van der Waals surface area contributed by atoms with Crippen molar-refractivity contribution in [2.24, 2.45) is 12.5 Å². The number of ketones is 1. The van der Waals surface area contributed by atoms with Gasteiger partial charge in [0.15, 0.2) is 5.78 Å². The zero-order valence-electron chi connectivity index (χ0n) is 23.1. The number of aryl methyl sites for hydroxylation is 1. The SMILES string of the molecule is C=S(=O)(c1cnn(C)c1)N(C1CC1)[C@H]1CCC2=Cc3c(cnn3-c3ccc(F)cc3)C[C@]2(C(=O)c2cc(F)ccn2)C1. The van der Waals surface area contributed by atoms with Crippen LogP contribution in [-0.2, 0) is 23.2 Å². The van der Waals surface area contributed by atoms with E-state index in [9.17, 15) is 17.8 Å². The molecule has 2 saturated carbocycles. The van der Waals surface area contributed by atoms with Gasteiger partial charge in [0.2, 0.25) is 0 Å². The number of pyridine rings is 1. The van der Waals surface area contributed by atoms with E-state index >= 15 is 0 Å². The van der Waals surface area contributed by atoms with Gasteiger partial charge in [0.25, 0.3) is 0 Å². The molecule has 0 saturated heterocycles. The molecule has 0 amide bonds. The van der Waals surface area contributed by atoms with Crippen LogP contribution in [0.4, 0.5) is 8.78 Å². The summed E-state index contributed by atoms with van der Waals surface area (Å²) < 4.78 is 47.7. The molecule has 0 radical (unpaired) electrons. The van der Waals surface area contributed by atoms with Crippen LogP contribution in [0.15, 0.2) is 71.7 Å². The average Bonchev–Trinajstić information content (AvgIpc) is 3.55. The van der Waals surface area contributed by atoms with Crippen molar-refractivity contribution in [3.8, 4) is 5.69 Å². The van der Waals surface area contributed by atoms with Gasteiger partial charge in [-0.05, 0) is 86.4 Å². The lowest BCUT2D eigenvalue weighted by molar-refractivity contribution is 0.0736. The Morgan fingerprint density at radius 1 is 1.07 bits per heavy atom. The molecule has 7 rings (SSSR count). The molecule has 3 heterocycles. The standard InChI is InChI=1S/C31H30F2N6O2S/c1-37-19-27(18-35-37)42(2,41)39(25-9-10-25)26-6-3-21-13-29-20(17-36-38(29)24-7-4-22(32)5-8-24)15-31(21,16-26)30(40)28-14-23(33)11-12-34-28/h4-5,7-8,11-14,17-19,25-26H,2-3,6,9-10,15-16H2,1H3/t26-,31-,42?/m0/s1. The number of hydrogen-bond acceptors (Lipinski definition) is 5. The summed E-state index contributed by atoms with van der Waals surface area (Å²) in [6.07, 6.45) is 12.2. The van der Waals surface area contributed by atoms with E-state index in [1.54, 1.807) is 47.1 Å². The number of allylic oxidation sites excluding steroid dienone is 1. The third kappa shape index (κ3) is 4.42. The van der Waals surface area contributed by atoms with Crippen molar-refractivity contribution in [2.75, 3.05) is 0 Å². The summed E-state index contributed by atoms with van der Waals surface area (Å²) in [5, 5.41) is 8.83. The van der Waals surface area contributed by atoms with Crippen molar-refractivity contribution in [3.05, 3.63) is 95.3 Å². The zero-order chi connectivity index (χ0) is 29.2. The van der Waals surface area contributed by atoms with Gasteiger partial charge in [-0.1, -0.05) is 5.57 Å². The van der Waals surface area contributed by atoms with Gasteiger partial charge < -0.3 is 0 Å². The lowest BCUT2D eigenvalue weighted by Gasteiger charge is -2.47. The predicted octanol–water partition coefficient (Wildman–Crippen LogP) is 4.80. The molecule has 3 aromatic heterocycles. The van der Waals surface area contributed by atoms with E-state index < -0.39 is 20.9 Å². The predicted molar refractivity (Wildman–Crippen MR) is 155 cm³/mol. The molecule has 11 heteroatoms. The zero-order valence-corrected chi connectivity index (χ0v) is 23.9. The van der Waals surface area contributed by atoms with Gasteiger partial charge in [0, 0.05) is 37.6 Å². The lowest BCUT2D eigenvalue weighted by atomic mass is 9.60. The van der Waals surface area contributed by atoms with Crippen molar-refractivity contribution >= 4 is 27.4 Å². The van der Waals surface area contributed by atoms with E-state index in [1.807, 2.05) is 10.4 Å². The molecule has 3 aliphatic carbocycles. The van der Waals surface area contributed by atoms with Crippen LogP contribution in [0.3, 0.4) is 0 Å². The van der Waals surface area contributed by atoms with Gasteiger partial charge in [-0.3, -0.25) is 14.5 Å². The molecule has 42 heavy (non-hydrogen) atoms. The minimum absolute atomic E-state index is 0.0662. The molecule has 4 aromatic rings. The molecule has 2 fully saturated rings. The molecular formula is C31H30F2N6O2S. The summed E-state index contributed by atoms with van der Waals surface area (Å²) in [4.78, 5) is 19.3. The second kappa shape index (κ2) is 9.81. The van der Waals surface area contributed by atoms with Gasteiger partial charge in [-0.2, -0.15) is 10.2 Å². The van der Waals surface area contributed by atoms with E-state index in [4.69, 9.17) is 0 Å². The largest absolute Gasteiger partial charge is 0.291 e. The van der Waals surface area contributed by atoms with E-state index in [0.717, 1.165) is 29.7 Å². The number of Topliss-reactive ketones (excluding diaryl/α,β-unsaturated/α-hetero) is 1. The Labute approximate surface area is 242 Å². The number of fused-ring (bicyclic) bond motifs is 2. The Morgan fingerprint density at radius 3 is 2.55 bits per heavy atom. The Kier molecular flexibility index (Phi) is 6.28. The Morgan fingerprint density at radius 2 is 1.86 bits per heavy atom. The summed E-state index contributed by atoms with van der Waals surface area (Å²) in [6.45, 7) is 0. The van der Waals surface area contributed by atoms with Gasteiger partial charge >= 0.3 is 0 Å². The molecule has 3 aliphatic rings. The highest BCUT2D eigenvalue weighted by molar-refractivity contribution is 7.98. The quantitative estimate of drug-likeness (QED) is 0.229. The minimum atomic E-state index is -2.88. The van der Waals surface area contributed by atoms with Crippen LogP contribution >= 0.6 is 0 Å². The Balaban J connectivity index is 1.32. The molecule has 8 nitrogen and oxygen atoms in total. The number of benzene rings is 1. The van der Waals surface area contributed by atoms with Crippen LogP contribution in [0.2, 0.25) is 0 Å². The van der Waals surface area contributed by atoms with Crippen molar-refractivity contribution < 1.29 is 17.8 Å². The Bertz CT molecular complexity index is 1840. The highest BCUT2D eigenvalue weighted by Crippen LogP contribution is 2.52.